The molecule has 1 aromatic carbocycles. The number of nitro benzene ring substituents is 1. The topological polar surface area (TPSA) is 43.1 Å². The summed E-state index contributed by atoms with van der Waals surface area (Å²) in [7, 11) is 0. The summed E-state index contributed by atoms with van der Waals surface area (Å²) in [5.74, 6) is 5.43. The summed E-state index contributed by atoms with van der Waals surface area (Å²) in [6, 6.07) is 6.43. The first-order valence-corrected chi connectivity index (χ1v) is 4.66. The number of benzene rings is 1. The Balaban J connectivity index is 3.12. The van der Waals surface area contributed by atoms with Gasteiger partial charge >= 0.3 is 0 Å². The molecule has 0 aromatic heterocycles. The number of nitrogens with zero attached hydrogens (tertiary/aromatic N) is 1. The number of rotatable bonds is 1. The van der Waals surface area contributed by atoms with Crippen LogP contribution in [0.5, 0.6) is 0 Å². The predicted octanol–water partition coefficient (Wildman–Crippen LogP) is 2.34. The van der Waals surface area contributed by atoms with Crippen molar-refractivity contribution in [2.24, 2.45) is 0 Å². The van der Waals surface area contributed by atoms with E-state index >= 15 is 0 Å². The molecule has 0 amide bonds. The van der Waals surface area contributed by atoms with Crippen molar-refractivity contribution < 1.29 is 4.92 Å². The van der Waals surface area contributed by atoms with E-state index in [-0.39, 0.29) is 5.69 Å². The third-order valence-electron chi connectivity index (χ3n) is 1.39. The first kappa shape index (κ1) is 9.75. The van der Waals surface area contributed by atoms with Gasteiger partial charge in [0.1, 0.15) is 5.56 Å². The fraction of sp³-hybridized carbons (Fsp3) is 0.111. The Kier molecular flexibility index (Phi) is 3.47. The quantitative estimate of drug-likeness (QED) is 0.327. The zero-order chi connectivity index (χ0) is 9.68. The average Bonchev–Trinajstić information content (AvgIpc) is 2.15. The van der Waals surface area contributed by atoms with Gasteiger partial charge in [-0.2, -0.15) is 0 Å². The van der Waals surface area contributed by atoms with Gasteiger partial charge in [-0.05, 0) is 6.07 Å². The van der Waals surface area contributed by atoms with Gasteiger partial charge in [0.2, 0.25) is 0 Å². The van der Waals surface area contributed by atoms with Crippen LogP contribution in [0.4, 0.5) is 5.69 Å². The van der Waals surface area contributed by atoms with Gasteiger partial charge in [-0.3, -0.25) is 10.1 Å². The van der Waals surface area contributed by atoms with Gasteiger partial charge in [0.05, 0.1) is 10.3 Å². The second-order valence-corrected chi connectivity index (χ2v) is 2.77. The maximum absolute atomic E-state index is 10.5. The van der Waals surface area contributed by atoms with E-state index in [2.05, 4.69) is 27.8 Å². The number of alkyl halides is 1. The number of halogens is 1. The van der Waals surface area contributed by atoms with Crippen molar-refractivity contribution in [2.75, 3.05) is 5.33 Å². The molecule has 0 atom stereocenters. The van der Waals surface area contributed by atoms with Crippen LogP contribution in [0.15, 0.2) is 24.3 Å². The fourth-order valence-corrected chi connectivity index (χ4v) is 1.01. The van der Waals surface area contributed by atoms with Gasteiger partial charge in [-0.1, -0.05) is 39.9 Å². The second kappa shape index (κ2) is 4.63. The monoisotopic (exact) mass is 239 g/mol. The van der Waals surface area contributed by atoms with E-state index in [0.717, 1.165) is 0 Å². The van der Waals surface area contributed by atoms with Gasteiger partial charge in [0.25, 0.3) is 5.69 Å². The molecule has 0 aliphatic carbocycles. The highest BCUT2D eigenvalue weighted by Gasteiger charge is 2.08. The molecule has 0 saturated heterocycles. The zero-order valence-electron chi connectivity index (χ0n) is 6.66. The maximum Gasteiger partial charge on any atom is 0.284 e. The largest absolute Gasteiger partial charge is 0.284 e. The Bertz CT molecular complexity index is 379. The molecule has 3 nitrogen and oxygen atoms in total. The van der Waals surface area contributed by atoms with E-state index in [1.54, 1.807) is 18.2 Å². The Morgan fingerprint density at radius 3 is 2.77 bits per heavy atom. The van der Waals surface area contributed by atoms with Crippen LogP contribution in [0.25, 0.3) is 0 Å². The Morgan fingerprint density at radius 2 is 2.15 bits per heavy atom. The number of para-hydroxylation sites is 1. The van der Waals surface area contributed by atoms with Crippen molar-refractivity contribution >= 4 is 21.6 Å². The third kappa shape index (κ3) is 2.56. The maximum atomic E-state index is 10.5. The summed E-state index contributed by atoms with van der Waals surface area (Å²) >= 11 is 3.12. The van der Waals surface area contributed by atoms with Crippen molar-refractivity contribution in [3.05, 3.63) is 39.9 Å². The molecule has 0 unspecified atom stereocenters. The minimum Gasteiger partial charge on any atom is -0.258 e. The van der Waals surface area contributed by atoms with Gasteiger partial charge in [0.15, 0.2) is 0 Å². The van der Waals surface area contributed by atoms with Crippen LogP contribution in [0, 0.1) is 22.0 Å². The normalized spacial score (nSPS) is 8.69. The molecule has 0 bridgehead atoms. The molecule has 0 heterocycles. The summed E-state index contributed by atoms with van der Waals surface area (Å²) in [6.45, 7) is 0. The minimum atomic E-state index is -0.432. The van der Waals surface area contributed by atoms with Crippen LogP contribution in [0.2, 0.25) is 0 Å². The van der Waals surface area contributed by atoms with Gasteiger partial charge in [0, 0.05) is 6.07 Å². The molecule has 13 heavy (non-hydrogen) atoms. The Hall–Kier alpha value is -1.34. The molecule has 0 aliphatic rings. The van der Waals surface area contributed by atoms with Crippen LogP contribution in [-0.4, -0.2) is 10.3 Å². The molecule has 0 radical (unpaired) electrons. The molecular formula is C9H6BrNO2. The van der Waals surface area contributed by atoms with E-state index < -0.39 is 4.92 Å². The fourth-order valence-electron chi connectivity index (χ4n) is 0.867. The van der Waals surface area contributed by atoms with E-state index in [9.17, 15) is 10.1 Å². The first-order chi connectivity index (χ1) is 6.25. The predicted molar refractivity (Wildman–Crippen MR) is 53.8 cm³/mol. The molecule has 0 spiro atoms. The summed E-state index contributed by atoms with van der Waals surface area (Å²) in [6.07, 6.45) is 0. The van der Waals surface area contributed by atoms with Crippen LogP contribution < -0.4 is 0 Å². The number of hydrogen-bond donors (Lipinski definition) is 0. The molecule has 0 saturated carbocycles. The lowest BCUT2D eigenvalue weighted by molar-refractivity contribution is -0.385. The summed E-state index contributed by atoms with van der Waals surface area (Å²) in [5.41, 5.74) is 0.503. The van der Waals surface area contributed by atoms with Crippen molar-refractivity contribution in [3.8, 4) is 11.8 Å². The SMILES string of the molecule is O=[N+]([O-])c1ccccc1C#CCBr. The van der Waals surface area contributed by atoms with E-state index in [1.807, 2.05) is 0 Å². The van der Waals surface area contributed by atoms with Crippen LogP contribution in [0.1, 0.15) is 5.56 Å². The van der Waals surface area contributed by atoms with Crippen LogP contribution in [-0.2, 0) is 0 Å². The molecule has 66 valence electrons. The molecular weight excluding hydrogens is 234 g/mol. The van der Waals surface area contributed by atoms with Crippen molar-refractivity contribution in [2.45, 2.75) is 0 Å². The molecule has 0 N–H and O–H groups in total. The number of nitro groups is 1. The average molecular weight is 240 g/mol. The standard InChI is InChI=1S/C9H6BrNO2/c10-7-3-5-8-4-1-2-6-9(8)11(12)13/h1-2,4,6H,7H2. The lowest BCUT2D eigenvalue weighted by Crippen LogP contribution is -1.91. The highest BCUT2D eigenvalue weighted by molar-refractivity contribution is 9.09. The smallest absolute Gasteiger partial charge is 0.258 e. The van der Waals surface area contributed by atoms with E-state index in [0.29, 0.717) is 10.9 Å². The lowest BCUT2D eigenvalue weighted by Gasteiger charge is -1.92. The van der Waals surface area contributed by atoms with Crippen molar-refractivity contribution in [1.29, 1.82) is 0 Å². The van der Waals surface area contributed by atoms with E-state index in [1.165, 1.54) is 6.07 Å². The summed E-state index contributed by atoms with van der Waals surface area (Å²) in [5, 5.41) is 11.0. The second-order valence-electron chi connectivity index (χ2n) is 2.21. The number of hydrogen-bond acceptors (Lipinski definition) is 2. The van der Waals surface area contributed by atoms with Crippen LogP contribution in [0.3, 0.4) is 0 Å². The molecule has 0 fully saturated rings. The first-order valence-electron chi connectivity index (χ1n) is 3.54. The van der Waals surface area contributed by atoms with Crippen molar-refractivity contribution in [3.63, 3.8) is 0 Å². The Morgan fingerprint density at radius 1 is 1.46 bits per heavy atom. The minimum absolute atomic E-state index is 0.0518. The summed E-state index contributed by atoms with van der Waals surface area (Å²) in [4.78, 5) is 10.1. The molecule has 0 aliphatic heterocycles. The van der Waals surface area contributed by atoms with Gasteiger partial charge in [-0.15, -0.1) is 0 Å². The van der Waals surface area contributed by atoms with Crippen molar-refractivity contribution in [1.82, 2.24) is 0 Å². The van der Waals surface area contributed by atoms with Gasteiger partial charge < -0.3 is 0 Å². The lowest BCUT2D eigenvalue weighted by atomic mass is 10.2. The van der Waals surface area contributed by atoms with E-state index in [4.69, 9.17) is 0 Å². The van der Waals surface area contributed by atoms with Crippen LogP contribution >= 0.6 is 15.9 Å². The van der Waals surface area contributed by atoms with Gasteiger partial charge in [-0.25, -0.2) is 0 Å². The highest BCUT2D eigenvalue weighted by atomic mass is 79.9. The highest BCUT2D eigenvalue weighted by Crippen LogP contribution is 2.15. The molecule has 1 aromatic rings. The molecule has 1 rings (SSSR count). The summed E-state index contributed by atoms with van der Waals surface area (Å²) < 4.78 is 0. The zero-order valence-corrected chi connectivity index (χ0v) is 8.24. The molecule has 4 heteroatoms. The third-order valence-corrected chi connectivity index (χ3v) is 1.67. The Labute approximate surface area is 84.0 Å².